The van der Waals surface area contributed by atoms with Gasteiger partial charge in [-0.3, -0.25) is 0 Å². The van der Waals surface area contributed by atoms with E-state index in [1.807, 2.05) is 0 Å². The third-order valence-electron chi connectivity index (χ3n) is 0. The summed E-state index contributed by atoms with van der Waals surface area (Å²) in [6.45, 7) is 0. The Bertz CT molecular complexity index is 121. The van der Waals surface area contributed by atoms with Crippen LogP contribution in [0.2, 0.25) is 0 Å². The first-order chi connectivity index (χ1) is 5.20. The van der Waals surface area contributed by atoms with Gasteiger partial charge in [0.15, 0.2) is 0 Å². The minimum atomic E-state index is -4.08. The van der Waals surface area contributed by atoms with Crippen molar-refractivity contribution in [2.45, 2.75) is 0 Å². The summed E-state index contributed by atoms with van der Waals surface area (Å²) in [4.78, 5) is 0. The van der Waals surface area contributed by atoms with E-state index in [4.69, 9.17) is 32.1 Å². The molecule has 0 aromatic carbocycles. The minimum absolute atomic E-state index is 0. The van der Waals surface area contributed by atoms with Crippen LogP contribution < -0.4 is 22.1 Å². The Labute approximate surface area is 191 Å². The molecule has 0 amide bonds. The van der Waals surface area contributed by atoms with Gasteiger partial charge in [0.05, 0.1) is 0 Å². The Morgan fingerprint density at radius 1 is 0.533 bits per heavy atom. The molecule has 0 spiro atoms. The maximum atomic E-state index is 8.58. The van der Waals surface area contributed by atoms with Gasteiger partial charge in [0.1, 0.15) is 0 Å². The average molecular weight is 785 g/mol. The molecule has 0 aliphatic rings. The number of hydrogen-bond donors (Lipinski definition) is 0. The van der Waals surface area contributed by atoms with E-state index in [-0.39, 0.29) is 108 Å². The van der Waals surface area contributed by atoms with Crippen molar-refractivity contribution in [2.75, 3.05) is 0 Å². The van der Waals surface area contributed by atoms with E-state index in [0.717, 1.165) is 0 Å². The zero-order valence-electron chi connectivity index (χ0n) is 6.62. The van der Waals surface area contributed by atoms with Crippen LogP contribution in [-0.4, -0.2) is 26.2 Å². The van der Waals surface area contributed by atoms with Crippen molar-refractivity contribution in [1.82, 2.24) is 0 Å². The quantitative estimate of drug-likeness (QED) is 0.215. The maximum absolute atomic E-state index is 8.58. The summed E-state index contributed by atoms with van der Waals surface area (Å²) in [6.07, 6.45) is 0. The van der Waals surface area contributed by atoms with Gasteiger partial charge < -0.3 is 0 Å². The predicted octanol–water partition coefficient (Wildman–Crippen LogP) is -7.88. The molecule has 0 unspecified atom stereocenters. The topological polar surface area (TPSA) is 190 Å². The Kier molecular flexibility index (Phi) is 76.8. The second-order valence-corrected chi connectivity index (χ2v) is 3.09. The number of hydrogen-bond acceptors (Lipinski definition) is 9. The van der Waals surface area contributed by atoms with Crippen LogP contribution in [0.5, 0.6) is 0 Å². The van der Waals surface area contributed by atoms with Crippen LogP contribution in [0.1, 0.15) is 0 Å². The molecule has 0 rings (SSSR count). The van der Waals surface area contributed by atoms with Crippen LogP contribution in [0.25, 0.3) is 0 Å². The second kappa shape index (κ2) is 31.3. The van der Waals surface area contributed by atoms with Crippen LogP contribution >= 0.6 is 0 Å². The van der Waals surface area contributed by atoms with E-state index in [1.165, 1.54) is 0 Å². The summed E-state index contributed by atoms with van der Waals surface area (Å²) in [5.41, 5.74) is 0. The average Bonchev–Trinajstić information content (AvgIpc) is 1.54. The van der Waals surface area contributed by atoms with E-state index in [0.29, 0.717) is 0 Å². The standard InChI is InChI=1S/Bi.2Nd.9O.3Ti/q;2*+3;;;;6*-1;;;. The van der Waals surface area contributed by atoms with Crippen LogP contribution in [0.15, 0.2) is 0 Å². The first-order valence-corrected chi connectivity index (χ1v) is 7.57. The molecule has 0 fully saturated rings. The van der Waals surface area contributed by atoms with E-state index < -0.39 is 55.8 Å². The predicted molar refractivity (Wildman–Crippen MR) is 7.81 cm³/mol. The Balaban J connectivity index is -0.0000000184. The molecule has 0 bridgehead atoms. The molecular formula is BiNd2O9Ti3. The molecule has 9 nitrogen and oxygen atoms in total. The molecule has 5 radical (unpaired) electrons. The summed E-state index contributed by atoms with van der Waals surface area (Å²) in [5, 5.41) is 0. The van der Waals surface area contributed by atoms with E-state index >= 15 is 0 Å². The van der Waals surface area contributed by atoms with Crippen molar-refractivity contribution in [3.8, 4) is 0 Å². The van der Waals surface area contributed by atoms with Gasteiger partial charge in [-0.15, -0.1) is 0 Å². The van der Waals surface area contributed by atoms with Crippen molar-refractivity contribution >= 4 is 26.2 Å². The molecule has 0 aromatic rings. The second-order valence-electron chi connectivity index (χ2n) is 0.750. The van der Waals surface area contributed by atoms with Crippen molar-refractivity contribution in [2.24, 2.45) is 0 Å². The van der Waals surface area contributed by atoms with Gasteiger partial charge in [-0.1, -0.05) is 0 Å². The van der Waals surface area contributed by atoms with Crippen molar-refractivity contribution in [3.63, 3.8) is 0 Å². The third kappa shape index (κ3) is 226. The van der Waals surface area contributed by atoms with Crippen LogP contribution in [0, 0.1) is 81.7 Å². The fourth-order valence-corrected chi connectivity index (χ4v) is 0. The fraction of sp³-hybridized carbons (Fsp3) is 0. The Hall–Kier alpha value is 4.89. The molecule has 15 heavy (non-hydrogen) atoms. The molecule has 0 aliphatic heterocycles. The van der Waals surface area contributed by atoms with Gasteiger partial charge in [0, 0.05) is 26.2 Å². The molecule has 79 valence electrons. The first-order valence-electron chi connectivity index (χ1n) is 1.84. The molecule has 0 heterocycles. The molecule has 0 aliphatic carbocycles. The zero-order valence-corrected chi connectivity index (χ0v) is 21.2. The van der Waals surface area contributed by atoms with Gasteiger partial charge in [0.25, 0.3) is 0 Å². The number of rotatable bonds is 0. The Morgan fingerprint density at radius 2 is 0.533 bits per heavy atom. The summed E-state index contributed by atoms with van der Waals surface area (Å²) < 4.78 is 77.2. The fourth-order valence-electron chi connectivity index (χ4n) is 0. The van der Waals surface area contributed by atoms with Crippen LogP contribution in [-0.2, 0) is 65.8 Å². The third-order valence-corrected chi connectivity index (χ3v) is 0. The molecule has 0 N–H and O–H groups in total. The molecular weight excluding hydrogens is 785 g/mol. The van der Waals surface area contributed by atoms with Gasteiger partial charge >= 0.3 is 170 Å². The summed E-state index contributed by atoms with van der Waals surface area (Å²) in [6, 6.07) is 0. The van der Waals surface area contributed by atoms with Crippen molar-refractivity contribution < 1.29 is 170 Å². The summed E-state index contributed by atoms with van der Waals surface area (Å²) in [5.74, 6) is 0. The Morgan fingerprint density at radius 3 is 0.533 bits per heavy atom. The molecule has 0 aromatic heterocycles. The SMILES string of the molecule is [Bi].[Nd+3].[Nd+3].[O]=[Ti]([O-])[O-].[O]=[Ti]([O-])[O-].[O]=[Ti]([O-])[O-]. The molecule has 0 saturated carbocycles. The molecule has 0 saturated heterocycles. The first kappa shape index (κ1) is 36.8. The summed E-state index contributed by atoms with van der Waals surface area (Å²) >= 11 is -12.2. The van der Waals surface area contributed by atoms with E-state index in [2.05, 4.69) is 0 Å². The normalized spacial score (nSPS) is 5.20. The van der Waals surface area contributed by atoms with Crippen molar-refractivity contribution in [1.29, 1.82) is 0 Å². The van der Waals surface area contributed by atoms with Crippen molar-refractivity contribution in [3.05, 3.63) is 0 Å². The van der Waals surface area contributed by atoms with E-state index in [9.17, 15) is 0 Å². The van der Waals surface area contributed by atoms with Gasteiger partial charge in [-0.05, 0) is 0 Å². The van der Waals surface area contributed by atoms with Crippen LogP contribution in [0.3, 0.4) is 0 Å². The summed E-state index contributed by atoms with van der Waals surface area (Å²) in [7, 11) is 0. The van der Waals surface area contributed by atoms with Gasteiger partial charge in [-0.2, -0.15) is 0 Å². The molecule has 15 heteroatoms. The molecule has 0 atom stereocenters. The van der Waals surface area contributed by atoms with Gasteiger partial charge in [-0.25, -0.2) is 0 Å². The monoisotopic (exact) mass is 781 g/mol. The van der Waals surface area contributed by atoms with Gasteiger partial charge in [0.2, 0.25) is 0 Å². The zero-order chi connectivity index (χ0) is 10.7. The van der Waals surface area contributed by atoms with Crippen LogP contribution in [0.4, 0.5) is 0 Å². The van der Waals surface area contributed by atoms with E-state index in [1.54, 1.807) is 0 Å².